The summed E-state index contributed by atoms with van der Waals surface area (Å²) in [6, 6.07) is 13.5. The Morgan fingerprint density at radius 2 is 1.92 bits per heavy atom. The molecule has 1 atom stereocenters. The van der Waals surface area contributed by atoms with Crippen LogP contribution < -0.4 is 15.4 Å². The van der Waals surface area contributed by atoms with Gasteiger partial charge >= 0.3 is 0 Å². The van der Waals surface area contributed by atoms with Crippen molar-refractivity contribution in [1.29, 1.82) is 0 Å². The Kier molecular flexibility index (Phi) is 3.92. The number of fused-ring (bicyclic) bond motifs is 2. The van der Waals surface area contributed by atoms with E-state index in [2.05, 4.69) is 12.1 Å². The number of amides is 2. The first kappa shape index (κ1) is 15.7. The van der Waals surface area contributed by atoms with Gasteiger partial charge < -0.3 is 15.4 Å². The first-order valence-electron chi connectivity index (χ1n) is 8.58. The molecule has 5 heteroatoms. The second-order valence-electron chi connectivity index (χ2n) is 6.61. The van der Waals surface area contributed by atoms with E-state index in [1.807, 2.05) is 24.3 Å². The van der Waals surface area contributed by atoms with Crippen molar-refractivity contribution < 1.29 is 14.3 Å². The van der Waals surface area contributed by atoms with Gasteiger partial charge in [0.25, 0.3) is 5.91 Å². The summed E-state index contributed by atoms with van der Waals surface area (Å²) in [4.78, 5) is 26.1. The molecule has 0 radical (unpaired) electrons. The maximum Gasteiger partial charge on any atom is 0.260 e. The lowest BCUT2D eigenvalue weighted by molar-refractivity contribution is -0.125. The summed E-state index contributed by atoms with van der Waals surface area (Å²) in [7, 11) is 0. The van der Waals surface area contributed by atoms with E-state index >= 15 is 0 Å². The summed E-state index contributed by atoms with van der Waals surface area (Å²) in [5.41, 5.74) is 9.83. The van der Waals surface area contributed by atoms with Crippen molar-refractivity contribution in [2.24, 2.45) is 5.73 Å². The van der Waals surface area contributed by atoms with E-state index in [0.717, 1.165) is 18.4 Å². The monoisotopic (exact) mass is 336 g/mol. The number of hydrogen-bond donors (Lipinski definition) is 1. The van der Waals surface area contributed by atoms with E-state index in [1.165, 1.54) is 17.5 Å². The minimum atomic E-state index is -0.820. The highest BCUT2D eigenvalue weighted by Crippen LogP contribution is 2.33. The van der Waals surface area contributed by atoms with Crippen LogP contribution in [0.1, 0.15) is 23.1 Å². The molecule has 2 amide bonds. The van der Waals surface area contributed by atoms with Gasteiger partial charge in [-0.3, -0.25) is 9.59 Å². The van der Waals surface area contributed by atoms with Crippen molar-refractivity contribution in [3.05, 3.63) is 59.2 Å². The summed E-state index contributed by atoms with van der Waals surface area (Å²) in [6.07, 6.45) is 2.87. The van der Waals surface area contributed by atoms with E-state index < -0.39 is 12.0 Å². The molecule has 0 saturated carbocycles. The zero-order valence-electron chi connectivity index (χ0n) is 13.9. The van der Waals surface area contributed by atoms with Gasteiger partial charge in [0, 0.05) is 0 Å². The van der Waals surface area contributed by atoms with Gasteiger partial charge in [-0.05, 0) is 48.1 Å². The SMILES string of the molecule is NC(=O)[C@H]1CN(C(=O)Cc2ccc3c(c2)CCC3)c2ccccc2O1. The minimum Gasteiger partial charge on any atom is -0.477 e. The van der Waals surface area contributed by atoms with Crippen LogP contribution in [0.4, 0.5) is 5.69 Å². The van der Waals surface area contributed by atoms with Gasteiger partial charge in [0.15, 0.2) is 6.10 Å². The number of nitrogens with two attached hydrogens (primary N) is 1. The van der Waals surface area contributed by atoms with Crippen LogP contribution >= 0.6 is 0 Å². The molecule has 0 unspecified atom stereocenters. The van der Waals surface area contributed by atoms with Crippen LogP contribution in [0.15, 0.2) is 42.5 Å². The maximum atomic E-state index is 12.9. The van der Waals surface area contributed by atoms with Crippen molar-refractivity contribution in [2.45, 2.75) is 31.8 Å². The number of rotatable bonds is 3. The molecule has 0 fully saturated rings. The summed E-state index contributed by atoms with van der Waals surface area (Å²) >= 11 is 0. The normalized spacial score (nSPS) is 18.2. The number of aryl methyl sites for hydroxylation is 2. The van der Waals surface area contributed by atoms with Crippen LogP contribution in [0.3, 0.4) is 0 Å². The Hall–Kier alpha value is -2.82. The molecule has 0 spiro atoms. The van der Waals surface area contributed by atoms with Gasteiger partial charge in [0.1, 0.15) is 5.75 Å². The fourth-order valence-electron chi connectivity index (χ4n) is 3.62. The molecule has 0 aromatic heterocycles. The largest absolute Gasteiger partial charge is 0.477 e. The lowest BCUT2D eigenvalue weighted by Crippen LogP contribution is -2.49. The van der Waals surface area contributed by atoms with Gasteiger partial charge in [0.05, 0.1) is 18.7 Å². The molecule has 25 heavy (non-hydrogen) atoms. The van der Waals surface area contributed by atoms with Crippen LogP contribution in [0, 0.1) is 0 Å². The van der Waals surface area contributed by atoms with E-state index in [4.69, 9.17) is 10.5 Å². The molecule has 0 saturated heterocycles. The van der Waals surface area contributed by atoms with E-state index in [-0.39, 0.29) is 12.5 Å². The number of nitrogens with zero attached hydrogens (tertiary/aromatic N) is 1. The molecule has 2 aromatic carbocycles. The van der Waals surface area contributed by atoms with Crippen molar-refractivity contribution >= 4 is 17.5 Å². The van der Waals surface area contributed by atoms with Crippen LogP contribution in [-0.4, -0.2) is 24.5 Å². The van der Waals surface area contributed by atoms with Crippen molar-refractivity contribution in [3.8, 4) is 5.75 Å². The zero-order chi connectivity index (χ0) is 17.4. The summed E-state index contributed by atoms with van der Waals surface area (Å²) in [6.45, 7) is 0.149. The third-order valence-electron chi connectivity index (χ3n) is 4.91. The summed E-state index contributed by atoms with van der Waals surface area (Å²) < 4.78 is 5.62. The molecule has 1 heterocycles. The molecular weight excluding hydrogens is 316 g/mol. The number of carbonyl (C=O) groups is 2. The molecule has 0 bridgehead atoms. The molecule has 2 N–H and O–H groups in total. The lowest BCUT2D eigenvalue weighted by Gasteiger charge is -2.33. The molecule has 1 aliphatic heterocycles. The van der Waals surface area contributed by atoms with E-state index in [9.17, 15) is 9.59 Å². The lowest BCUT2D eigenvalue weighted by atomic mass is 10.0. The second kappa shape index (κ2) is 6.24. The van der Waals surface area contributed by atoms with Crippen molar-refractivity contribution in [1.82, 2.24) is 0 Å². The first-order valence-corrected chi connectivity index (χ1v) is 8.58. The second-order valence-corrected chi connectivity index (χ2v) is 6.61. The molecular formula is C20H20N2O3. The molecule has 2 aromatic rings. The van der Waals surface area contributed by atoms with Gasteiger partial charge in [-0.2, -0.15) is 0 Å². The van der Waals surface area contributed by atoms with Gasteiger partial charge in [-0.15, -0.1) is 0 Å². The number of ether oxygens (including phenoxy) is 1. The van der Waals surface area contributed by atoms with E-state index in [0.29, 0.717) is 17.9 Å². The number of benzene rings is 2. The fourth-order valence-corrected chi connectivity index (χ4v) is 3.62. The Morgan fingerprint density at radius 3 is 2.76 bits per heavy atom. The molecule has 2 aliphatic rings. The smallest absolute Gasteiger partial charge is 0.260 e. The topological polar surface area (TPSA) is 72.6 Å². The van der Waals surface area contributed by atoms with Crippen LogP contribution in [0.2, 0.25) is 0 Å². The first-order chi connectivity index (χ1) is 12.1. The zero-order valence-corrected chi connectivity index (χ0v) is 13.9. The minimum absolute atomic E-state index is 0.0556. The summed E-state index contributed by atoms with van der Waals surface area (Å²) in [5.74, 6) is -0.107. The third-order valence-corrected chi connectivity index (χ3v) is 4.91. The van der Waals surface area contributed by atoms with Gasteiger partial charge in [-0.1, -0.05) is 30.3 Å². The summed E-state index contributed by atoms with van der Waals surface area (Å²) in [5, 5.41) is 0. The third kappa shape index (κ3) is 2.97. The van der Waals surface area contributed by atoms with Gasteiger partial charge in [-0.25, -0.2) is 0 Å². The molecule has 4 rings (SSSR count). The van der Waals surface area contributed by atoms with E-state index in [1.54, 1.807) is 11.0 Å². The Bertz CT molecular complexity index is 847. The molecule has 128 valence electrons. The van der Waals surface area contributed by atoms with Crippen molar-refractivity contribution in [3.63, 3.8) is 0 Å². The number of hydrogen-bond acceptors (Lipinski definition) is 3. The molecule has 5 nitrogen and oxygen atoms in total. The fraction of sp³-hybridized carbons (Fsp3) is 0.300. The highest BCUT2D eigenvalue weighted by Gasteiger charge is 2.32. The highest BCUT2D eigenvalue weighted by atomic mass is 16.5. The number of primary amides is 1. The number of para-hydroxylation sites is 2. The molecule has 1 aliphatic carbocycles. The highest BCUT2D eigenvalue weighted by molar-refractivity contribution is 5.98. The quantitative estimate of drug-likeness (QED) is 0.932. The van der Waals surface area contributed by atoms with Crippen LogP contribution in [-0.2, 0) is 28.9 Å². The maximum absolute atomic E-state index is 12.9. The Balaban J connectivity index is 1.59. The average molecular weight is 336 g/mol. The predicted molar refractivity (Wildman–Crippen MR) is 94.6 cm³/mol. The standard InChI is InChI=1S/C20H20N2O3/c21-20(24)18-12-22(16-6-1-2-7-17(16)25-18)19(23)11-13-8-9-14-4-3-5-15(14)10-13/h1-2,6-10,18H,3-5,11-12H2,(H2,21,24)/t18-/m1/s1. The Labute approximate surface area is 146 Å². The predicted octanol–water partition coefficient (Wildman–Crippen LogP) is 2.00. The van der Waals surface area contributed by atoms with Gasteiger partial charge in [0.2, 0.25) is 5.91 Å². The van der Waals surface area contributed by atoms with Crippen molar-refractivity contribution in [2.75, 3.05) is 11.4 Å². The van der Waals surface area contributed by atoms with Crippen LogP contribution in [0.25, 0.3) is 0 Å². The average Bonchev–Trinajstić information content (AvgIpc) is 3.08. The Morgan fingerprint density at radius 1 is 1.12 bits per heavy atom. The van der Waals surface area contributed by atoms with Crippen LogP contribution in [0.5, 0.6) is 5.75 Å². The number of carbonyl (C=O) groups excluding carboxylic acids is 2. The number of anilines is 1.